The Morgan fingerprint density at radius 2 is 1.93 bits per heavy atom. The van der Waals surface area contributed by atoms with Gasteiger partial charge in [-0.15, -0.1) is 0 Å². The number of hydrogen-bond donors (Lipinski definition) is 1. The smallest absolute Gasteiger partial charge is 0.308 e. The van der Waals surface area contributed by atoms with Gasteiger partial charge in [0.2, 0.25) is 0 Å². The third-order valence-electron chi connectivity index (χ3n) is 3.80. The molecule has 0 atom stereocenters. The molecule has 0 spiro atoms. The Bertz CT molecular complexity index is 1060. The van der Waals surface area contributed by atoms with Crippen molar-refractivity contribution < 1.29 is 23.8 Å². The molecule has 3 rings (SSSR count). The van der Waals surface area contributed by atoms with Crippen LogP contribution in [0.1, 0.15) is 12.5 Å². The van der Waals surface area contributed by atoms with E-state index in [-0.39, 0.29) is 6.61 Å². The summed E-state index contributed by atoms with van der Waals surface area (Å²) in [6.07, 6.45) is 3.11. The zero-order valence-corrected chi connectivity index (χ0v) is 15.9. The first-order chi connectivity index (χ1) is 14.1. The summed E-state index contributed by atoms with van der Waals surface area (Å²) in [5.74, 6) is 0.338. The molecule has 0 aliphatic carbocycles. The minimum Gasteiger partial charge on any atom is -0.493 e. The van der Waals surface area contributed by atoms with Crippen molar-refractivity contribution in [2.24, 2.45) is 5.10 Å². The van der Waals surface area contributed by atoms with Crippen LogP contribution >= 0.6 is 0 Å². The highest BCUT2D eigenvalue weighted by Crippen LogP contribution is 2.27. The van der Waals surface area contributed by atoms with Crippen molar-refractivity contribution in [2.45, 2.75) is 6.92 Å². The minimum atomic E-state index is -0.446. The Labute approximate surface area is 167 Å². The average molecular weight is 393 g/mol. The largest absolute Gasteiger partial charge is 0.493 e. The van der Waals surface area contributed by atoms with Crippen molar-refractivity contribution in [1.82, 2.24) is 10.4 Å². The van der Waals surface area contributed by atoms with Crippen molar-refractivity contribution in [3.05, 3.63) is 60.3 Å². The van der Waals surface area contributed by atoms with E-state index in [9.17, 15) is 9.59 Å². The van der Waals surface area contributed by atoms with Crippen LogP contribution in [0.4, 0.5) is 0 Å². The first kappa shape index (κ1) is 19.8. The van der Waals surface area contributed by atoms with Crippen molar-refractivity contribution in [2.75, 3.05) is 13.7 Å². The van der Waals surface area contributed by atoms with Gasteiger partial charge in [0.05, 0.1) is 13.3 Å². The number of pyridine rings is 1. The van der Waals surface area contributed by atoms with Gasteiger partial charge in [-0.05, 0) is 35.9 Å². The molecule has 3 aromatic rings. The Balaban J connectivity index is 1.57. The van der Waals surface area contributed by atoms with Gasteiger partial charge in [0, 0.05) is 18.5 Å². The number of para-hydroxylation sites is 1. The standard InChI is InChI=1S/C21H19N3O5/c1-14(25)29-17-9-8-15(11-19(17)27-2)12-23-24-20(26)13-28-18-7-3-5-16-6-4-10-22-21(16)18/h3-12H,13H2,1-2H3,(H,24,26)/b23-12-. The van der Waals surface area contributed by atoms with Gasteiger partial charge >= 0.3 is 5.97 Å². The summed E-state index contributed by atoms with van der Waals surface area (Å²) < 4.78 is 15.8. The molecule has 148 valence electrons. The molecule has 1 heterocycles. The van der Waals surface area contributed by atoms with E-state index in [0.29, 0.717) is 28.3 Å². The van der Waals surface area contributed by atoms with Gasteiger partial charge in [-0.3, -0.25) is 14.6 Å². The molecular formula is C21H19N3O5. The predicted molar refractivity (Wildman–Crippen MR) is 107 cm³/mol. The maximum absolute atomic E-state index is 12.0. The number of amides is 1. The van der Waals surface area contributed by atoms with E-state index in [0.717, 1.165) is 5.39 Å². The number of carbonyl (C=O) groups is 2. The number of nitrogens with zero attached hydrogens (tertiary/aromatic N) is 2. The van der Waals surface area contributed by atoms with Crippen LogP contribution in [-0.4, -0.2) is 36.8 Å². The number of ether oxygens (including phenoxy) is 3. The van der Waals surface area contributed by atoms with E-state index < -0.39 is 11.9 Å². The summed E-state index contributed by atoms with van der Waals surface area (Å²) in [6, 6.07) is 14.1. The van der Waals surface area contributed by atoms with Gasteiger partial charge in [-0.2, -0.15) is 5.10 Å². The summed E-state index contributed by atoms with van der Waals surface area (Å²) >= 11 is 0. The molecule has 0 aliphatic heterocycles. The lowest BCUT2D eigenvalue weighted by Gasteiger charge is -2.08. The van der Waals surface area contributed by atoms with Crippen LogP contribution in [0.3, 0.4) is 0 Å². The number of nitrogens with one attached hydrogen (secondary N) is 1. The van der Waals surface area contributed by atoms with E-state index in [1.807, 2.05) is 24.3 Å². The van der Waals surface area contributed by atoms with Crippen molar-refractivity contribution >= 4 is 29.0 Å². The molecule has 0 saturated heterocycles. The van der Waals surface area contributed by atoms with Gasteiger partial charge < -0.3 is 14.2 Å². The predicted octanol–water partition coefficient (Wildman–Crippen LogP) is 2.70. The molecule has 0 saturated carbocycles. The fourth-order valence-corrected chi connectivity index (χ4v) is 2.55. The second-order valence-electron chi connectivity index (χ2n) is 5.92. The molecule has 0 aliphatic rings. The fourth-order valence-electron chi connectivity index (χ4n) is 2.55. The van der Waals surface area contributed by atoms with E-state index in [1.54, 1.807) is 30.5 Å². The monoisotopic (exact) mass is 393 g/mol. The van der Waals surface area contributed by atoms with E-state index in [2.05, 4.69) is 15.5 Å². The number of hydrazone groups is 1. The quantitative estimate of drug-likeness (QED) is 0.287. The number of fused-ring (bicyclic) bond motifs is 1. The third kappa shape index (κ3) is 5.29. The van der Waals surface area contributed by atoms with Crippen LogP contribution in [0, 0.1) is 0 Å². The Morgan fingerprint density at radius 1 is 1.10 bits per heavy atom. The van der Waals surface area contributed by atoms with E-state index in [4.69, 9.17) is 14.2 Å². The van der Waals surface area contributed by atoms with Gasteiger partial charge in [0.15, 0.2) is 18.1 Å². The molecule has 0 unspecified atom stereocenters. The maximum Gasteiger partial charge on any atom is 0.308 e. The molecule has 1 N–H and O–H groups in total. The number of methoxy groups -OCH3 is 1. The summed E-state index contributed by atoms with van der Waals surface area (Å²) in [4.78, 5) is 27.3. The highest BCUT2D eigenvalue weighted by Gasteiger charge is 2.08. The number of benzene rings is 2. The van der Waals surface area contributed by atoms with Gasteiger partial charge in [-0.25, -0.2) is 5.43 Å². The van der Waals surface area contributed by atoms with Crippen LogP contribution in [0.2, 0.25) is 0 Å². The minimum absolute atomic E-state index is 0.207. The maximum atomic E-state index is 12.0. The van der Waals surface area contributed by atoms with Crippen LogP contribution in [0.5, 0.6) is 17.2 Å². The van der Waals surface area contributed by atoms with E-state index >= 15 is 0 Å². The number of esters is 1. The number of hydrogen-bond acceptors (Lipinski definition) is 7. The molecule has 0 radical (unpaired) electrons. The van der Waals surface area contributed by atoms with Gasteiger partial charge in [0.1, 0.15) is 11.3 Å². The SMILES string of the molecule is COc1cc(/C=N\NC(=O)COc2cccc3cccnc23)ccc1OC(C)=O. The molecule has 29 heavy (non-hydrogen) atoms. The zero-order chi connectivity index (χ0) is 20.6. The molecule has 0 bridgehead atoms. The summed E-state index contributed by atoms with van der Waals surface area (Å²) in [6.45, 7) is 1.10. The number of aromatic nitrogens is 1. The number of rotatable bonds is 7. The van der Waals surface area contributed by atoms with Gasteiger partial charge in [-0.1, -0.05) is 18.2 Å². The second-order valence-corrected chi connectivity index (χ2v) is 5.92. The highest BCUT2D eigenvalue weighted by atomic mass is 16.6. The molecule has 1 amide bonds. The lowest BCUT2D eigenvalue weighted by atomic mass is 10.2. The van der Waals surface area contributed by atoms with Crippen molar-refractivity contribution in [1.29, 1.82) is 0 Å². The lowest BCUT2D eigenvalue weighted by molar-refractivity contribution is -0.132. The van der Waals surface area contributed by atoms with Crippen LogP contribution in [0.25, 0.3) is 10.9 Å². The molecule has 8 heteroatoms. The summed E-state index contributed by atoms with van der Waals surface area (Å²) in [7, 11) is 1.46. The first-order valence-electron chi connectivity index (χ1n) is 8.71. The zero-order valence-electron chi connectivity index (χ0n) is 15.9. The Morgan fingerprint density at radius 3 is 2.72 bits per heavy atom. The molecule has 1 aromatic heterocycles. The normalized spacial score (nSPS) is 10.7. The fraction of sp³-hybridized carbons (Fsp3) is 0.143. The molecular weight excluding hydrogens is 374 g/mol. The Hall–Kier alpha value is -3.94. The Kier molecular flexibility index (Phi) is 6.36. The topological polar surface area (TPSA) is 99.1 Å². The molecule has 0 fully saturated rings. The third-order valence-corrected chi connectivity index (χ3v) is 3.80. The first-order valence-corrected chi connectivity index (χ1v) is 8.71. The van der Waals surface area contributed by atoms with Crippen molar-refractivity contribution in [3.63, 3.8) is 0 Å². The van der Waals surface area contributed by atoms with Crippen LogP contribution in [0.15, 0.2) is 59.8 Å². The highest BCUT2D eigenvalue weighted by molar-refractivity contribution is 5.86. The molecule has 8 nitrogen and oxygen atoms in total. The van der Waals surface area contributed by atoms with Gasteiger partial charge in [0.25, 0.3) is 5.91 Å². The summed E-state index contributed by atoms with van der Waals surface area (Å²) in [5, 5.41) is 4.82. The average Bonchev–Trinajstić information content (AvgIpc) is 2.72. The lowest BCUT2D eigenvalue weighted by Crippen LogP contribution is -2.24. The van der Waals surface area contributed by atoms with Crippen LogP contribution in [-0.2, 0) is 9.59 Å². The van der Waals surface area contributed by atoms with Crippen molar-refractivity contribution in [3.8, 4) is 17.2 Å². The second kappa shape index (κ2) is 9.32. The molecule has 2 aromatic carbocycles. The van der Waals surface area contributed by atoms with E-state index in [1.165, 1.54) is 20.2 Å². The van der Waals surface area contributed by atoms with Crippen LogP contribution < -0.4 is 19.6 Å². The number of carbonyl (C=O) groups excluding carboxylic acids is 2. The summed E-state index contributed by atoms with van der Waals surface area (Å²) in [5.41, 5.74) is 3.73.